The molecule has 0 aromatic rings. The Morgan fingerprint density at radius 3 is 2.24 bits per heavy atom. The van der Waals surface area contributed by atoms with Crippen molar-refractivity contribution in [3.8, 4) is 12.3 Å². The largest absolute Gasteiger partial charge is 0.480 e. The summed E-state index contributed by atoms with van der Waals surface area (Å²) in [7, 11) is 0. The lowest BCUT2D eigenvalue weighted by molar-refractivity contribution is -0.137. The van der Waals surface area contributed by atoms with Gasteiger partial charge in [0.05, 0.1) is 6.54 Å². The highest BCUT2D eigenvalue weighted by Crippen LogP contribution is 1.98. The van der Waals surface area contributed by atoms with E-state index in [0.29, 0.717) is 0 Å². The topological polar surface area (TPSA) is 104 Å². The molecule has 0 aliphatic carbocycles. The molecule has 0 heterocycles. The first-order chi connectivity index (χ1) is 7.92. The Hall–Kier alpha value is -2.23. The summed E-state index contributed by atoms with van der Waals surface area (Å²) in [6.45, 7) is 0.965. The quantitative estimate of drug-likeness (QED) is 0.578. The Bertz CT molecular complexity index is 348. The van der Waals surface area contributed by atoms with Gasteiger partial charge in [-0.2, -0.15) is 0 Å². The highest BCUT2D eigenvalue weighted by atomic mass is 16.4. The zero-order chi connectivity index (χ0) is 13.4. The Balaban J connectivity index is 4.72. The minimum Gasteiger partial charge on any atom is -0.480 e. The Morgan fingerprint density at radius 1 is 1.29 bits per heavy atom. The number of amides is 3. The minimum absolute atomic E-state index is 0.138. The number of nitrogens with two attached hydrogens (primary N) is 1. The number of urea groups is 1. The maximum Gasteiger partial charge on any atom is 0.323 e. The van der Waals surface area contributed by atoms with Crippen LogP contribution in [0, 0.1) is 12.3 Å². The molecule has 0 bridgehead atoms. The molecule has 0 aromatic heterocycles. The summed E-state index contributed by atoms with van der Waals surface area (Å²) in [4.78, 5) is 35.2. The third-order valence-electron chi connectivity index (χ3n) is 1.88. The highest BCUT2D eigenvalue weighted by Gasteiger charge is 2.22. The molecule has 7 heteroatoms. The zero-order valence-corrected chi connectivity index (χ0v) is 9.55. The van der Waals surface area contributed by atoms with Crippen LogP contribution in [0.4, 0.5) is 4.79 Å². The molecular formula is C10H15N3O4. The first kappa shape index (κ1) is 14.8. The number of carboxylic acid groups (broad SMARTS) is 1. The number of hydrogen-bond acceptors (Lipinski definition) is 3. The standard InChI is InChI=1S/C10H15N3O4/c1-3-5-13(7-9(15)16)10(17)12(4-2)6-8(11)14/h1H,4-7H2,2H3,(H2,11,14)(H,15,16). The average Bonchev–Trinajstić information content (AvgIpc) is 2.23. The molecule has 0 saturated carbocycles. The molecule has 3 amide bonds. The number of likely N-dealkylation sites (N-methyl/N-ethyl adjacent to an activating group) is 1. The molecule has 0 aliphatic heterocycles. The first-order valence-corrected chi connectivity index (χ1v) is 4.89. The van der Waals surface area contributed by atoms with Gasteiger partial charge in [0.15, 0.2) is 0 Å². The predicted octanol–water partition coefficient (Wildman–Crippen LogP) is -1.07. The molecule has 3 N–H and O–H groups in total. The van der Waals surface area contributed by atoms with Crippen molar-refractivity contribution in [2.45, 2.75) is 6.92 Å². The van der Waals surface area contributed by atoms with Crippen molar-refractivity contribution in [3.05, 3.63) is 0 Å². The van der Waals surface area contributed by atoms with E-state index in [1.165, 1.54) is 0 Å². The van der Waals surface area contributed by atoms with Gasteiger partial charge in [-0.1, -0.05) is 5.92 Å². The zero-order valence-electron chi connectivity index (χ0n) is 9.55. The van der Waals surface area contributed by atoms with Gasteiger partial charge >= 0.3 is 12.0 Å². The third-order valence-corrected chi connectivity index (χ3v) is 1.88. The summed E-state index contributed by atoms with van der Waals surface area (Å²) < 4.78 is 0. The molecular weight excluding hydrogens is 226 g/mol. The van der Waals surface area contributed by atoms with Crippen LogP contribution in [0.5, 0.6) is 0 Å². The molecule has 0 atom stereocenters. The van der Waals surface area contributed by atoms with Gasteiger partial charge < -0.3 is 20.6 Å². The third kappa shape index (κ3) is 5.41. The number of rotatable bonds is 6. The lowest BCUT2D eigenvalue weighted by Gasteiger charge is -2.26. The lowest BCUT2D eigenvalue weighted by atomic mass is 10.4. The maximum atomic E-state index is 11.8. The van der Waals surface area contributed by atoms with Crippen LogP contribution < -0.4 is 5.73 Å². The van der Waals surface area contributed by atoms with Gasteiger partial charge in [0, 0.05) is 6.54 Å². The van der Waals surface area contributed by atoms with Crippen molar-refractivity contribution in [2.24, 2.45) is 5.73 Å². The predicted molar refractivity (Wildman–Crippen MR) is 59.9 cm³/mol. The average molecular weight is 241 g/mol. The Kier molecular flexibility index (Phi) is 6.18. The summed E-state index contributed by atoms with van der Waals surface area (Å²) in [5, 5.41) is 8.62. The van der Waals surface area contributed by atoms with Gasteiger partial charge in [-0.25, -0.2) is 4.79 Å². The van der Waals surface area contributed by atoms with Crippen LogP contribution in [0.25, 0.3) is 0 Å². The summed E-state index contributed by atoms with van der Waals surface area (Å²) in [5.41, 5.74) is 4.97. The van der Waals surface area contributed by atoms with E-state index in [1.54, 1.807) is 6.92 Å². The van der Waals surface area contributed by atoms with Crippen LogP contribution in [0.15, 0.2) is 0 Å². The van der Waals surface area contributed by atoms with Crippen LogP contribution in [-0.2, 0) is 9.59 Å². The fourth-order valence-electron chi connectivity index (χ4n) is 1.17. The van der Waals surface area contributed by atoms with Crippen LogP contribution >= 0.6 is 0 Å². The second-order valence-electron chi connectivity index (χ2n) is 3.22. The van der Waals surface area contributed by atoms with Crippen molar-refractivity contribution < 1.29 is 19.5 Å². The van der Waals surface area contributed by atoms with E-state index >= 15 is 0 Å². The van der Waals surface area contributed by atoms with E-state index in [4.69, 9.17) is 17.3 Å². The number of terminal acetylenes is 1. The van der Waals surface area contributed by atoms with Crippen molar-refractivity contribution in [1.82, 2.24) is 9.80 Å². The number of hydrogen-bond donors (Lipinski definition) is 2. The van der Waals surface area contributed by atoms with Gasteiger partial charge in [-0.15, -0.1) is 6.42 Å². The van der Waals surface area contributed by atoms with E-state index < -0.39 is 24.5 Å². The SMILES string of the molecule is C#CCN(CC(=O)O)C(=O)N(CC)CC(N)=O. The van der Waals surface area contributed by atoms with Gasteiger partial charge in [-0.05, 0) is 6.92 Å². The van der Waals surface area contributed by atoms with Gasteiger partial charge in [0.2, 0.25) is 5.91 Å². The molecule has 0 aliphatic rings. The van der Waals surface area contributed by atoms with Gasteiger partial charge in [-0.3, -0.25) is 9.59 Å². The molecule has 0 saturated heterocycles. The van der Waals surface area contributed by atoms with E-state index in [2.05, 4.69) is 5.92 Å². The Morgan fingerprint density at radius 2 is 1.88 bits per heavy atom. The van der Waals surface area contributed by atoms with E-state index in [1.807, 2.05) is 0 Å². The number of carbonyl (C=O) groups is 3. The van der Waals surface area contributed by atoms with Crippen LogP contribution in [0.3, 0.4) is 0 Å². The van der Waals surface area contributed by atoms with Crippen LogP contribution in [0.2, 0.25) is 0 Å². The summed E-state index contributed by atoms with van der Waals surface area (Å²) in [6.07, 6.45) is 5.04. The fourth-order valence-corrected chi connectivity index (χ4v) is 1.17. The van der Waals surface area contributed by atoms with Crippen molar-refractivity contribution in [3.63, 3.8) is 0 Å². The molecule has 0 aromatic carbocycles. The maximum absolute atomic E-state index is 11.8. The highest BCUT2D eigenvalue weighted by molar-refractivity contribution is 5.85. The lowest BCUT2D eigenvalue weighted by Crippen LogP contribution is -2.48. The number of primary amides is 1. The summed E-state index contributed by atoms with van der Waals surface area (Å²) in [6, 6.07) is -0.619. The van der Waals surface area contributed by atoms with Crippen molar-refractivity contribution >= 4 is 17.9 Å². The van der Waals surface area contributed by atoms with Crippen LogP contribution in [-0.4, -0.2) is 59.0 Å². The normalized spacial score (nSPS) is 9.18. The molecule has 94 valence electrons. The van der Waals surface area contributed by atoms with Crippen LogP contribution in [0.1, 0.15) is 6.92 Å². The van der Waals surface area contributed by atoms with E-state index in [9.17, 15) is 14.4 Å². The van der Waals surface area contributed by atoms with E-state index in [0.717, 1.165) is 9.80 Å². The minimum atomic E-state index is -1.18. The molecule has 0 radical (unpaired) electrons. The number of nitrogens with zero attached hydrogens (tertiary/aromatic N) is 2. The number of carbonyl (C=O) groups excluding carboxylic acids is 2. The Labute approximate surface area is 99.2 Å². The second kappa shape index (κ2) is 7.11. The van der Waals surface area contributed by atoms with Crippen molar-refractivity contribution in [1.29, 1.82) is 0 Å². The number of carboxylic acids is 1. The van der Waals surface area contributed by atoms with Crippen molar-refractivity contribution in [2.75, 3.05) is 26.2 Å². The monoisotopic (exact) mass is 241 g/mol. The smallest absolute Gasteiger partial charge is 0.323 e. The molecule has 0 fully saturated rings. The molecule has 0 rings (SSSR count). The second-order valence-corrected chi connectivity index (χ2v) is 3.22. The molecule has 7 nitrogen and oxygen atoms in total. The van der Waals surface area contributed by atoms with E-state index in [-0.39, 0.29) is 19.6 Å². The summed E-state index contributed by atoms with van der Waals surface area (Å²) in [5.74, 6) is 0.338. The molecule has 17 heavy (non-hydrogen) atoms. The molecule has 0 unspecified atom stereocenters. The number of aliphatic carboxylic acids is 1. The summed E-state index contributed by atoms with van der Waals surface area (Å²) >= 11 is 0. The fraction of sp³-hybridized carbons (Fsp3) is 0.500. The first-order valence-electron chi connectivity index (χ1n) is 4.89. The molecule has 0 spiro atoms. The van der Waals surface area contributed by atoms with Gasteiger partial charge in [0.25, 0.3) is 0 Å². The van der Waals surface area contributed by atoms with Gasteiger partial charge in [0.1, 0.15) is 13.1 Å².